The number of piperidine rings is 1. The summed E-state index contributed by atoms with van der Waals surface area (Å²) in [7, 11) is 0. The number of aliphatic imine (C=N–C) groups is 1. The van der Waals surface area contributed by atoms with Crippen LogP contribution in [0, 0.1) is 0 Å². The van der Waals surface area contributed by atoms with Crippen molar-refractivity contribution in [3.63, 3.8) is 0 Å². The van der Waals surface area contributed by atoms with Gasteiger partial charge in [-0.25, -0.2) is 0 Å². The van der Waals surface area contributed by atoms with E-state index in [9.17, 15) is 0 Å². The lowest BCUT2D eigenvalue weighted by Crippen LogP contribution is -2.47. The Kier molecular flexibility index (Phi) is 11.6. The van der Waals surface area contributed by atoms with E-state index in [-0.39, 0.29) is 24.0 Å². The highest BCUT2D eigenvalue weighted by Crippen LogP contribution is 2.28. The Morgan fingerprint density at radius 1 is 1.17 bits per heavy atom. The van der Waals surface area contributed by atoms with E-state index in [2.05, 4.69) is 35.9 Å². The summed E-state index contributed by atoms with van der Waals surface area (Å²) in [6.45, 7) is 13.4. The lowest BCUT2D eigenvalue weighted by atomic mass is 10.1. The van der Waals surface area contributed by atoms with E-state index in [0.29, 0.717) is 18.2 Å². The zero-order valence-electron chi connectivity index (χ0n) is 18.8. The van der Waals surface area contributed by atoms with Gasteiger partial charge in [0, 0.05) is 44.9 Å². The van der Waals surface area contributed by atoms with Crippen LogP contribution >= 0.6 is 24.0 Å². The Morgan fingerprint density at radius 3 is 2.52 bits per heavy atom. The lowest BCUT2D eigenvalue weighted by Gasteiger charge is -2.35. The van der Waals surface area contributed by atoms with Crippen molar-refractivity contribution in [2.24, 2.45) is 4.99 Å². The minimum Gasteiger partial charge on any atom is -0.376 e. The van der Waals surface area contributed by atoms with Crippen molar-refractivity contribution in [3.05, 3.63) is 0 Å². The molecule has 6 nitrogen and oxygen atoms in total. The number of rotatable bonds is 9. The van der Waals surface area contributed by atoms with Crippen LogP contribution in [0.15, 0.2) is 4.99 Å². The van der Waals surface area contributed by atoms with Gasteiger partial charge in [0.05, 0.1) is 25.4 Å². The molecule has 0 spiro atoms. The molecule has 0 amide bonds. The molecule has 1 aliphatic carbocycles. The maximum atomic E-state index is 6.16. The smallest absolute Gasteiger partial charge is 0.193 e. The molecule has 3 rings (SSSR count). The van der Waals surface area contributed by atoms with Crippen LogP contribution in [0.4, 0.5) is 0 Å². The van der Waals surface area contributed by atoms with Crippen molar-refractivity contribution < 1.29 is 9.47 Å². The summed E-state index contributed by atoms with van der Waals surface area (Å²) >= 11 is 0. The molecule has 29 heavy (non-hydrogen) atoms. The molecular formula is C22H43IN4O2. The Morgan fingerprint density at radius 2 is 1.93 bits per heavy atom. The van der Waals surface area contributed by atoms with Crippen LogP contribution in [0.2, 0.25) is 0 Å². The molecule has 170 valence electrons. The molecule has 0 bridgehead atoms. The topological polar surface area (TPSA) is 49.3 Å². The van der Waals surface area contributed by atoms with Gasteiger partial charge in [0.1, 0.15) is 0 Å². The molecule has 0 aromatic rings. The molecule has 3 fully saturated rings. The predicted molar refractivity (Wildman–Crippen MR) is 130 cm³/mol. The number of ether oxygens (including phenoxy) is 2. The zero-order chi connectivity index (χ0) is 19.8. The number of halogens is 1. The van der Waals surface area contributed by atoms with Crippen LogP contribution in [-0.4, -0.2) is 86.0 Å². The van der Waals surface area contributed by atoms with E-state index in [1.54, 1.807) is 0 Å². The third-order valence-corrected chi connectivity index (χ3v) is 6.17. The Balaban J connectivity index is 0.00000300. The van der Waals surface area contributed by atoms with Crippen molar-refractivity contribution in [2.45, 2.75) is 90.0 Å². The molecule has 1 atom stereocenters. The molecular weight excluding hydrogens is 479 g/mol. The lowest BCUT2D eigenvalue weighted by molar-refractivity contribution is -0.0721. The van der Waals surface area contributed by atoms with E-state index in [1.165, 1.54) is 25.7 Å². The van der Waals surface area contributed by atoms with E-state index < -0.39 is 0 Å². The van der Waals surface area contributed by atoms with Gasteiger partial charge in [0.2, 0.25) is 0 Å². The summed E-state index contributed by atoms with van der Waals surface area (Å²) in [6.07, 6.45) is 9.22. The summed E-state index contributed by atoms with van der Waals surface area (Å²) in [4.78, 5) is 9.97. The number of guanidine groups is 1. The van der Waals surface area contributed by atoms with Crippen molar-refractivity contribution >= 4 is 29.9 Å². The van der Waals surface area contributed by atoms with E-state index in [1.807, 2.05) is 0 Å². The fraction of sp³-hybridized carbons (Fsp3) is 0.955. The summed E-state index contributed by atoms with van der Waals surface area (Å²) < 4.78 is 12.0. The van der Waals surface area contributed by atoms with Crippen LogP contribution in [0.1, 0.15) is 65.7 Å². The Hall–Kier alpha value is -0.120. The van der Waals surface area contributed by atoms with Gasteiger partial charge in [-0.2, -0.15) is 0 Å². The second-order valence-corrected chi connectivity index (χ2v) is 8.81. The first-order valence-corrected chi connectivity index (χ1v) is 11.7. The van der Waals surface area contributed by atoms with Gasteiger partial charge in [-0.1, -0.05) is 0 Å². The maximum Gasteiger partial charge on any atom is 0.193 e. The van der Waals surface area contributed by atoms with Crippen molar-refractivity contribution in [1.29, 1.82) is 0 Å². The zero-order valence-corrected chi connectivity index (χ0v) is 21.1. The molecule has 1 unspecified atom stereocenters. The van der Waals surface area contributed by atoms with Crippen LogP contribution in [0.3, 0.4) is 0 Å². The summed E-state index contributed by atoms with van der Waals surface area (Å²) in [6, 6.07) is 1.42. The first kappa shape index (κ1) is 25.1. The number of nitrogens with zero attached hydrogens (tertiary/aromatic N) is 3. The molecule has 1 N–H and O–H groups in total. The molecule has 0 radical (unpaired) electrons. The van der Waals surface area contributed by atoms with Gasteiger partial charge >= 0.3 is 0 Å². The molecule has 1 saturated carbocycles. The number of nitrogens with one attached hydrogen (secondary N) is 1. The summed E-state index contributed by atoms with van der Waals surface area (Å²) in [5, 5.41) is 3.50. The maximum absolute atomic E-state index is 6.16. The highest BCUT2D eigenvalue weighted by Gasteiger charge is 2.30. The highest BCUT2D eigenvalue weighted by atomic mass is 127. The number of likely N-dealkylation sites (tertiary alicyclic amines) is 1. The predicted octanol–water partition coefficient (Wildman–Crippen LogP) is 3.49. The molecule has 3 aliphatic rings. The van der Waals surface area contributed by atoms with Crippen molar-refractivity contribution in [3.8, 4) is 0 Å². The summed E-state index contributed by atoms with van der Waals surface area (Å²) in [5.74, 6) is 1.08. The molecule has 2 aliphatic heterocycles. The molecule has 2 heterocycles. The average molecular weight is 523 g/mol. The Bertz CT molecular complexity index is 471. The monoisotopic (exact) mass is 522 g/mol. The van der Waals surface area contributed by atoms with Crippen LogP contribution in [0.5, 0.6) is 0 Å². The van der Waals surface area contributed by atoms with E-state index >= 15 is 0 Å². The van der Waals surface area contributed by atoms with Crippen molar-refractivity contribution in [2.75, 3.05) is 45.9 Å². The average Bonchev–Trinajstić information content (AvgIpc) is 3.55. The highest BCUT2D eigenvalue weighted by molar-refractivity contribution is 14.0. The fourth-order valence-electron chi connectivity index (χ4n) is 4.38. The molecule has 0 aromatic carbocycles. The van der Waals surface area contributed by atoms with E-state index in [0.717, 1.165) is 77.2 Å². The SMILES string of the molecule is CCNC(=NCCN(C(C)C)C1CC1)N1CCC(OCC2CCCCO2)CC1.I. The first-order chi connectivity index (χ1) is 13.7. The number of hydrogen-bond acceptors (Lipinski definition) is 4. The normalized spacial score (nSPS) is 24.1. The van der Waals surface area contributed by atoms with Crippen LogP contribution in [0.25, 0.3) is 0 Å². The van der Waals surface area contributed by atoms with Gasteiger partial charge in [0.15, 0.2) is 5.96 Å². The van der Waals surface area contributed by atoms with Gasteiger partial charge in [0.25, 0.3) is 0 Å². The van der Waals surface area contributed by atoms with Crippen LogP contribution < -0.4 is 5.32 Å². The second-order valence-electron chi connectivity index (χ2n) is 8.81. The number of hydrogen-bond donors (Lipinski definition) is 1. The second kappa shape index (κ2) is 13.3. The van der Waals surface area contributed by atoms with Crippen molar-refractivity contribution in [1.82, 2.24) is 15.1 Å². The van der Waals surface area contributed by atoms with Gasteiger partial charge < -0.3 is 19.7 Å². The third kappa shape index (κ3) is 8.50. The van der Waals surface area contributed by atoms with Crippen LogP contribution in [-0.2, 0) is 9.47 Å². The standard InChI is InChI=1S/C22H42N4O2.HI/c1-4-23-22(24-12-15-26(18(2)3)19-8-9-19)25-13-10-20(11-14-25)28-17-21-7-5-6-16-27-21;/h18-21H,4-17H2,1-3H3,(H,23,24);1H. The summed E-state index contributed by atoms with van der Waals surface area (Å²) in [5.41, 5.74) is 0. The van der Waals surface area contributed by atoms with Gasteiger partial charge in [-0.15, -0.1) is 24.0 Å². The fourth-order valence-corrected chi connectivity index (χ4v) is 4.38. The van der Waals surface area contributed by atoms with E-state index in [4.69, 9.17) is 14.5 Å². The third-order valence-electron chi connectivity index (χ3n) is 6.17. The largest absolute Gasteiger partial charge is 0.376 e. The minimum absolute atomic E-state index is 0. The molecule has 0 aromatic heterocycles. The minimum atomic E-state index is 0. The van der Waals surface area contributed by atoms with Gasteiger partial charge in [-0.3, -0.25) is 9.89 Å². The molecule has 2 saturated heterocycles. The van der Waals surface area contributed by atoms with Gasteiger partial charge in [-0.05, 0) is 65.7 Å². The quantitative estimate of drug-likeness (QED) is 0.286. The molecule has 7 heteroatoms. The Labute approximate surface area is 195 Å². The first-order valence-electron chi connectivity index (χ1n) is 11.7.